The first kappa shape index (κ1) is 16.8. The van der Waals surface area contributed by atoms with Crippen molar-refractivity contribution in [2.75, 3.05) is 18.6 Å². The van der Waals surface area contributed by atoms with E-state index in [4.69, 9.17) is 0 Å². The molecule has 9 heteroatoms. The Kier molecular flexibility index (Phi) is 4.53. The third-order valence-electron chi connectivity index (χ3n) is 3.83. The molecule has 1 aliphatic rings. The Morgan fingerprint density at radius 3 is 2.58 bits per heavy atom. The van der Waals surface area contributed by atoms with Gasteiger partial charge in [-0.2, -0.15) is 29.9 Å². The Hall–Kier alpha value is -2.03. The molecule has 1 unspecified atom stereocenters. The van der Waals surface area contributed by atoms with Gasteiger partial charge in [0.15, 0.2) is 0 Å². The fourth-order valence-electron chi connectivity index (χ4n) is 2.41. The standard InChI is InChI=1S/C15H14F3N3O2S/c1-21(11-6-7-24-8-11)13(22)10-4-2-9(3-5-10)12-19-14(23-20-12)15(16,17)18/h2-5,11H,6-8H2,1H3. The molecule has 1 amide bonds. The molecule has 0 radical (unpaired) electrons. The van der Waals surface area contributed by atoms with Crippen molar-refractivity contribution < 1.29 is 22.5 Å². The number of alkyl halides is 3. The molecular weight excluding hydrogens is 343 g/mol. The largest absolute Gasteiger partial charge is 0.471 e. The summed E-state index contributed by atoms with van der Waals surface area (Å²) >= 11 is 1.81. The van der Waals surface area contributed by atoms with Gasteiger partial charge in [0.25, 0.3) is 5.91 Å². The van der Waals surface area contributed by atoms with Crippen LogP contribution in [0.5, 0.6) is 0 Å². The van der Waals surface area contributed by atoms with E-state index in [-0.39, 0.29) is 17.8 Å². The van der Waals surface area contributed by atoms with Crippen LogP contribution in [0, 0.1) is 0 Å². The van der Waals surface area contributed by atoms with E-state index in [2.05, 4.69) is 14.7 Å². The van der Waals surface area contributed by atoms with Crippen molar-refractivity contribution >= 4 is 17.7 Å². The van der Waals surface area contributed by atoms with E-state index in [1.165, 1.54) is 12.1 Å². The highest BCUT2D eigenvalue weighted by Crippen LogP contribution is 2.29. The van der Waals surface area contributed by atoms with Crippen LogP contribution in [0.2, 0.25) is 0 Å². The van der Waals surface area contributed by atoms with Crippen LogP contribution >= 0.6 is 11.8 Å². The quantitative estimate of drug-likeness (QED) is 0.843. The zero-order valence-corrected chi connectivity index (χ0v) is 13.5. The highest BCUT2D eigenvalue weighted by molar-refractivity contribution is 7.99. The number of amides is 1. The van der Waals surface area contributed by atoms with E-state index in [1.54, 1.807) is 24.1 Å². The minimum atomic E-state index is -4.68. The number of benzene rings is 1. The van der Waals surface area contributed by atoms with Gasteiger partial charge in [-0.1, -0.05) is 17.3 Å². The van der Waals surface area contributed by atoms with Gasteiger partial charge in [-0.3, -0.25) is 4.79 Å². The molecule has 0 spiro atoms. The van der Waals surface area contributed by atoms with E-state index in [9.17, 15) is 18.0 Å². The number of aromatic nitrogens is 2. The summed E-state index contributed by atoms with van der Waals surface area (Å²) in [6.45, 7) is 0. The van der Waals surface area contributed by atoms with Gasteiger partial charge in [0.2, 0.25) is 5.82 Å². The normalized spacial score (nSPS) is 17.9. The zero-order chi connectivity index (χ0) is 17.3. The van der Waals surface area contributed by atoms with Crippen LogP contribution in [0.4, 0.5) is 13.2 Å². The second-order valence-electron chi connectivity index (χ2n) is 5.43. The third kappa shape index (κ3) is 3.40. The molecule has 0 bridgehead atoms. The minimum absolute atomic E-state index is 0.113. The SMILES string of the molecule is CN(C(=O)c1ccc(-c2noc(C(F)(F)F)n2)cc1)C1CCSC1. The maximum atomic E-state index is 12.5. The smallest absolute Gasteiger partial charge is 0.338 e. The van der Waals surface area contributed by atoms with Crippen molar-refractivity contribution in [3.63, 3.8) is 0 Å². The molecule has 0 N–H and O–H groups in total. The molecule has 2 aromatic rings. The number of hydrogen-bond donors (Lipinski definition) is 0. The van der Waals surface area contributed by atoms with Crippen LogP contribution in [0.1, 0.15) is 22.7 Å². The number of carbonyl (C=O) groups is 1. The number of halogens is 3. The molecule has 24 heavy (non-hydrogen) atoms. The van der Waals surface area contributed by atoms with Gasteiger partial charge in [0.05, 0.1) is 0 Å². The third-order valence-corrected chi connectivity index (χ3v) is 4.98. The van der Waals surface area contributed by atoms with Crippen LogP contribution in [0.25, 0.3) is 11.4 Å². The number of hydrogen-bond acceptors (Lipinski definition) is 5. The molecule has 1 aromatic carbocycles. The van der Waals surface area contributed by atoms with E-state index in [0.29, 0.717) is 11.1 Å². The summed E-state index contributed by atoms with van der Waals surface area (Å²) in [5.41, 5.74) is 0.822. The Morgan fingerprint density at radius 2 is 2.04 bits per heavy atom. The van der Waals surface area contributed by atoms with Crippen molar-refractivity contribution in [1.82, 2.24) is 15.0 Å². The van der Waals surface area contributed by atoms with Gasteiger partial charge in [0, 0.05) is 30.0 Å². The second kappa shape index (κ2) is 6.46. The fourth-order valence-corrected chi connectivity index (χ4v) is 3.68. The molecule has 128 valence electrons. The Labute approximate surface area is 140 Å². The maximum Gasteiger partial charge on any atom is 0.471 e. The molecule has 1 fully saturated rings. The predicted octanol–water partition coefficient (Wildman–Crippen LogP) is 3.33. The summed E-state index contributed by atoms with van der Waals surface area (Å²) < 4.78 is 41.6. The van der Waals surface area contributed by atoms with Crippen LogP contribution < -0.4 is 0 Å². The molecule has 0 saturated carbocycles. The number of carbonyl (C=O) groups excluding carboxylic acids is 1. The number of nitrogens with zero attached hydrogens (tertiary/aromatic N) is 3. The van der Waals surface area contributed by atoms with Gasteiger partial charge in [-0.05, 0) is 24.3 Å². The molecule has 1 aromatic heterocycles. The van der Waals surface area contributed by atoms with E-state index in [0.717, 1.165) is 17.9 Å². The Morgan fingerprint density at radius 1 is 1.33 bits per heavy atom. The second-order valence-corrected chi connectivity index (χ2v) is 6.58. The molecule has 2 heterocycles. The molecule has 1 aliphatic heterocycles. The lowest BCUT2D eigenvalue weighted by Gasteiger charge is -2.23. The van der Waals surface area contributed by atoms with Crippen molar-refractivity contribution in [3.8, 4) is 11.4 Å². The molecular formula is C15H14F3N3O2S. The van der Waals surface area contributed by atoms with Gasteiger partial charge in [-0.15, -0.1) is 0 Å². The summed E-state index contributed by atoms with van der Waals surface area (Å²) in [5, 5.41) is 3.32. The molecule has 1 atom stereocenters. The fraction of sp³-hybridized carbons (Fsp3) is 0.400. The molecule has 0 aliphatic carbocycles. The first-order valence-corrected chi connectivity index (χ1v) is 8.38. The average Bonchev–Trinajstić information content (AvgIpc) is 3.24. The van der Waals surface area contributed by atoms with Crippen LogP contribution in [-0.4, -0.2) is 45.5 Å². The molecule has 3 rings (SSSR count). The van der Waals surface area contributed by atoms with Gasteiger partial charge < -0.3 is 9.42 Å². The molecule has 5 nitrogen and oxygen atoms in total. The summed E-state index contributed by atoms with van der Waals surface area (Å²) in [5.74, 6) is 0.292. The average molecular weight is 357 g/mol. The highest BCUT2D eigenvalue weighted by Gasteiger charge is 2.38. The van der Waals surface area contributed by atoms with E-state index >= 15 is 0 Å². The first-order chi connectivity index (χ1) is 11.4. The van der Waals surface area contributed by atoms with Crippen LogP contribution in [0.15, 0.2) is 28.8 Å². The molecule has 1 saturated heterocycles. The Bertz CT molecular complexity index is 724. The zero-order valence-electron chi connectivity index (χ0n) is 12.7. The Balaban J connectivity index is 1.75. The lowest BCUT2D eigenvalue weighted by molar-refractivity contribution is -0.159. The first-order valence-electron chi connectivity index (χ1n) is 7.22. The van der Waals surface area contributed by atoms with Crippen molar-refractivity contribution in [1.29, 1.82) is 0 Å². The summed E-state index contributed by atoms with van der Waals surface area (Å²) in [6, 6.07) is 6.35. The van der Waals surface area contributed by atoms with Crippen LogP contribution in [0.3, 0.4) is 0 Å². The van der Waals surface area contributed by atoms with E-state index < -0.39 is 12.1 Å². The maximum absolute atomic E-state index is 12.5. The summed E-state index contributed by atoms with van der Waals surface area (Å²) in [7, 11) is 1.77. The minimum Gasteiger partial charge on any atom is -0.338 e. The van der Waals surface area contributed by atoms with E-state index in [1.807, 2.05) is 11.8 Å². The van der Waals surface area contributed by atoms with Gasteiger partial charge in [0.1, 0.15) is 0 Å². The van der Waals surface area contributed by atoms with Gasteiger partial charge in [-0.25, -0.2) is 0 Å². The summed E-state index contributed by atoms with van der Waals surface area (Å²) in [4.78, 5) is 17.5. The monoisotopic (exact) mass is 357 g/mol. The number of thioether (sulfide) groups is 1. The number of rotatable bonds is 3. The van der Waals surface area contributed by atoms with Crippen molar-refractivity contribution in [3.05, 3.63) is 35.7 Å². The summed E-state index contributed by atoms with van der Waals surface area (Å²) in [6.07, 6.45) is -3.71. The lowest BCUT2D eigenvalue weighted by atomic mass is 10.1. The predicted molar refractivity (Wildman–Crippen MR) is 82.6 cm³/mol. The van der Waals surface area contributed by atoms with Gasteiger partial charge >= 0.3 is 12.1 Å². The topological polar surface area (TPSA) is 59.2 Å². The van der Waals surface area contributed by atoms with Crippen molar-refractivity contribution in [2.24, 2.45) is 0 Å². The van der Waals surface area contributed by atoms with Crippen molar-refractivity contribution in [2.45, 2.75) is 18.6 Å². The highest BCUT2D eigenvalue weighted by atomic mass is 32.2. The van der Waals surface area contributed by atoms with Crippen LogP contribution in [-0.2, 0) is 6.18 Å². The lowest BCUT2D eigenvalue weighted by Crippen LogP contribution is -2.36.